The van der Waals surface area contributed by atoms with Gasteiger partial charge < -0.3 is 10.4 Å². The molecule has 2 N–H and O–H groups in total. The van der Waals surface area contributed by atoms with E-state index in [1.54, 1.807) is 0 Å². The zero-order valence-corrected chi connectivity index (χ0v) is 12.2. The van der Waals surface area contributed by atoms with Crippen LogP contribution in [-0.4, -0.2) is 24.2 Å². The quantitative estimate of drug-likeness (QED) is 0.875. The monoisotopic (exact) mass is 261 g/mol. The van der Waals surface area contributed by atoms with E-state index in [0.717, 1.165) is 5.56 Å². The Bertz CT molecular complexity index is 453. The highest BCUT2D eigenvalue weighted by molar-refractivity contribution is 5.94. The minimum Gasteiger partial charge on any atom is -0.395 e. The third kappa shape index (κ3) is 5.26. The maximum absolute atomic E-state index is 11.7. The molecule has 3 heteroatoms. The number of carbonyl (C=O) groups excluding carboxylic acids is 1. The first-order chi connectivity index (χ1) is 8.83. The van der Waals surface area contributed by atoms with Gasteiger partial charge in [0.05, 0.1) is 6.61 Å². The summed E-state index contributed by atoms with van der Waals surface area (Å²) in [4.78, 5) is 11.7. The van der Waals surface area contributed by atoms with Crippen LogP contribution in [0.15, 0.2) is 30.3 Å². The molecule has 0 bridgehead atoms. The van der Waals surface area contributed by atoms with Crippen LogP contribution in [0.1, 0.15) is 43.6 Å². The summed E-state index contributed by atoms with van der Waals surface area (Å²) < 4.78 is 0. The molecule has 1 rings (SSSR count). The Balaban J connectivity index is 2.82. The lowest BCUT2D eigenvalue weighted by atomic mass is 9.91. The van der Waals surface area contributed by atoms with Crippen molar-refractivity contribution in [2.45, 2.75) is 27.7 Å². The van der Waals surface area contributed by atoms with Crippen LogP contribution in [0.25, 0.3) is 5.57 Å². The predicted octanol–water partition coefficient (Wildman–Crippen LogP) is 2.86. The average molecular weight is 261 g/mol. The number of allylic oxidation sites excluding steroid dienone is 2. The lowest BCUT2D eigenvalue weighted by Crippen LogP contribution is -2.26. The molecule has 1 aromatic carbocycles. The Labute approximate surface area is 115 Å². The summed E-state index contributed by atoms with van der Waals surface area (Å²) in [6.07, 6.45) is 2.22. The molecule has 0 saturated heterocycles. The SMILES string of the molecule is CC(=CC(C)(C)C)c1ccc(C(=O)NCCO)cc1. The van der Waals surface area contributed by atoms with E-state index >= 15 is 0 Å². The largest absolute Gasteiger partial charge is 0.395 e. The maximum atomic E-state index is 11.7. The number of hydrogen-bond donors (Lipinski definition) is 2. The third-order valence-corrected chi connectivity index (χ3v) is 2.65. The van der Waals surface area contributed by atoms with Gasteiger partial charge in [0, 0.05) is 12.1 Å². The van der Waals surface area contributed by atoms with Crippen LogP contribution in [0.4, 0.5) is 0 Å². The fourth-order valence-corrected chi connectivity index (χ4v) is 1.89. The molecule has 3 nitrogen and oxygen atoms in total. The van der Waals surface area contributed by atoms with Crippen molar-refractivity contribution in [1.29, 1.82) is 0 Å². The molecule has 0 spiro atoms. The van der Waals surface area contributed by atoms with Gasteiger partial charge >= 0.3 is 0 Å². The number of aliphatic hydroxyl groups excluding tert-OH is 1. The van der Waals surface area contributed by atoms with E-state index < -0.39 is 0 Å². The van der Waals surface area contributed by atoms with E-state index in [1.165, 1.54) is 5.57 Å². The molecule has 0 unspecified atom stereocenters. The van der Waals surface area contributed by atoms with Crippen LogP contribution < -0.4 is 5.32 Å². The van der Waals surface area contributed by atoms with Crippen molar-refractivity contribution < 1.29 is 9.90 Å². The summed E-state index contributed by atoms with van der Waals surface area (Å²) in [6.45, 7) is 8.79. The number of amides is 1. The molecule has 0 radical (unpaired) electrons. The highest BCUT2D eigenvalue weighted by Gasteiger charge is 2.08. The number of hydrogen-bond acceptors (Lipinski definition) is 2. The van der Waals surface area contributed by atoms with Gasteiger partial charge in [-0.3, -0.25) is 4.79 Å². The van der Waals surface area contributed by atoms with Crippen LogP contribution in [0.5, 0.6) is 0 Å². The summed E-state index contributed by atoms with van der Waals surface area (Å²) >= 11 is 0. The number of nitrogens with one attached hydrogen (secondary N) is 1. The second-order valence-electron chi connectivity index (χ2n) is 5.75. The zero-order valence-electron chi connectivity index (χ0n) is 12.2. The predicted molar refractivity (Wildman–Crippen MR) is 79.0 cm³/mol. The van der Waals surface area contributed by atoms with Crippen molar-refractivity contribution in [2.24, 2.45) is 5.41 Å². The number of benzene rings is 1. The Morgan fingerprint density at radius 3 is 2.21 bits per heavy atom. The van der Waals surface area contributed by atoms with Crippen molar-refractivity contribution in [2.75, 3.05) is 13.2 Å². The first-order valence-corrected chi connectivity index (χ1v) is 6.52. The zero-order chi connectivity index (χ0) is 14.5. The molecule has 1 amide bonds. The molecule has 0 heterocycles. The van der Waals surface area contributed by atoms with Crippen molar-refractivity contribution in [3.63, 3.8) is 0 Å². The molecule has 104 valence electrons. The van der Waals surface area contributed by atoms with Crippen molar-refractivity contribution in [3.8, 4) is 0 Å². The molecule has 0 fully saturated rings. The van der Waals surface area contributed by atoms with E-state index in [-0.39, 0.29) is 24.5 Å². The molecule has 0 aromatic heterocycles. The van der Waals surface area contributed by atoms with Crippen LogP contribution in [0.3, 0.4) is 0 Å². The fourth-order valence-electron chi connectivity index (χ4n) is 1.89. The van der Waals surface area contributed by atoms with Gasteiger partial charge in [-0.05, 0) is 35.6 Å². The summed E-state index contributed by atoms with van der Waals surface area (Å²) in [6, 6.07) is 7.51. The third-order valence-electron chi connectivity index (χ3n) is 2.65. The van der Waals surface area contributed by atoms with Gasteiger partial charge in [0.25, 0.3) is 5.91 Å². The Hall–Kier alpha value is -1.61. The van der Waals surface area contributed by atoms with Gasteiger partial charge in [-0.15, -0.1) is 0 Å². The second-order valence-corrected chi connectivity index (χ2v) is 5.75. The van der Waals surface area contributed by atoms with Crippen LogP contribution in [0, 0.1) is 5.41 Å². The second kappa shape index (κ2) is 6.53. The van der Waals surface area contributed by atoms with Gasteiger partial charge in [0.15, 0.2) is 0 Å². The first kappa shape index (κ1) is 15.4. The molecule has 0 aliphatic rings. The van der Waals surface area contributed by atoms with Gasteiger partial charge in [0.2, 0.25) is 0 Å². The molecule has 0 aliphatic heterocycles. The van der Waals surface area contributed by atoms with E-state index in [4.69, 9.17) is 5.11 Å². The van der Waals surface area contributed by atoms with Crippen molar-refractivity contribution in [3.05, 3.63) is 41.5 Å². The Kier molecular flexibility index (Phi) is 5.31. The lowest BCUT2D eigenvalue weighted by Gasteiger charge is -2.14. The average Bonchev–Trinajstić information content (AvgIpc) is 2.34. The summed E-state index contributed by atoms with van der Waals surface area (Å²) in [5, 5.41) is 11.3. The number of rotatable bonds is 4. The number of aliphatic hydroxyl groups is 1. The summed E-state index contributed by atoms with van der Waals surface area (Å²) in [5.74, 6) is -0.155. The minimum atomic E-state index is -0.155. The van der Waals surface area contributed by atoms with Gasteiger partial charge in [-0.25, -0.2) is 0 Å². The Morgan fingerprint density at radius 2 is 1.74 bits per heavy atom. The molecule has 0 aliphatic carbocycles. The molecule has 1 aromatic rings. The van der Waals surface area contributed by atoms with Gasteiger partial charge in [0.1, 0.15) is 0 Å². The topological polar surface area (TPSA) is 49.3 Å². The van der Waals surface area contributed by atoms with Gasteiger partial charge in [-0.1, -0.05) is 39.0 Å². The number of carbonyl (C=O) groups is 1. The molecule has 19 heavy (non-hydrogen) atoms. The lowest BCUT2D eigenvalue weighted by molar-refractivity contribution is 0.0945. The van der Waals surface area contributed by atoms with Gasteiger partial charge in [-0.2, -0.15) is 0 Å². The smallest absolute Gasteiger partial charge is 0.251 e. The standard InChI is InChI=1S/C16H23NO2/c1-12(11-16(2,3)4)13-5-7-14(8-6-13)15(19)17-9-10-18/h5-8,11,18H,9-10H2,1-4H3,(H,17,19). The minimum absolute atomic E-state index is 0.0444. The molecular formula is C16H23NO2. The van der Waals surface area contributed by atoms with E-state index in [1.807, 2.05) is 24.3 Å². The molecular weight excluding hydrogens is 238 g/mol. The van der Waals surface area contributed by atoms with Crippen LogP contribution >= 0.6 is 0 Å². The van der Waals surface area contributed by atoms with Crippen LogP contribution in [-0.2, 0) is 0 Å². The van der Waals surface area contributed by atoms with E-state index in [9.17, 15) is 4.79 Å². The summed E-state index contributed by atoms with van der Waals surface area (Å²) in [5.41, 5.74) is 3.07. The first-order valence-electron chi connectivity index (χ1n) is 6.52. The fraction of sp³-hybridized carbons (Fsp3) is 0.438. The van der Waals surface area contributed by atoms with Crippen LogP contribution in [0.2, 0.25) is 0 Å². The van der Waals surface area contributed by atoms with Crippen molar-refractivity contribution >= 4 is 11.5 Å². The molecule has 0 atom stereocenters. The normalized spacial score (nSPS) is 12.4. The van der Waals surface area contributed by atoms with E-state index in [2.05, 4.69) is 39.1 Å². The highest BCUT2D eigenvalue weighted by atomic mass is 16.3. The maximum Gasteiger partial charge on any atom is 0.251 e. The summed E-state index contributed by atoms with van der Waals surface area (Å²) in [7, 11) is 0. The van der Waals surface area contributed by atoms with E-state index in [0.29, 0.717) is 5.56 Å². The highest BCUT2D eigenvalue weighted by Crippen LogP contribution is 2.23. The Morgan fingerprint density at radius 1 is 1.21 bits per heavy atom. The van der Waals surface area contributed by atoms with Crippen molar-refractivity contribution in [1.82, 2.24) is 5.32 Å². The molecule has 0 saturated carbocycles.